The zero-order valence-corrected chi connectivity index (χ0v) is 9.38. The first-order chi connectivity index (χ1) is 7.79. The molecule has 0 aromatic carbocycles. The zero-order chi connectivity index (χ0) is 11.1. The summed E-state index contributed by atoms with van der Waals surface area (Å²) in [5, 5.41) is 0. The third-order valence-electron chi connectivity index (χ3n) is 2.83. The van der Waals surface area contributed by atoms with Crippen molar-refractivity contribution >= 4 is 22.1 Å². The maximum atomic E-state index is 4.43. The van der Waals surface area contributed by atoms with E-state index in [1.165, 1.54) is 0 Å². The van der Waals surface area contributed by atoms with Crippen LogP contribution in [0.1, 0.15) is 19.9 Å². The van der Waals surface area contributed by atoms with Crippen molar-refractivity contribution in [2.24, 2.45) is 0 Å². The Morgan fingerprint density at radius 3 is 1.88 bits per heavy atom. The Bertz CT molecular complexity index is 599. The Morgan fingerprint density at radius 2 is 1.44 bits per heavy atom. The van der Waals surface area contributed by atoms with Gasteiger partial charge >= 0.3 is 0 Å². The van der Waals surface area contributed by atoms with E-state index < -0.39 is 0 Å². The monoisotopic (exact) mass is 211 g/mol. The molecule has 0 unspecified atom stereocenters. The van der Waals surface area contributed by atoms with Gasteiger partial charge in [0.2, 0.25) is 0 Å². The molecule has 0 aliphatic carbocycles. The standard InChI is InChI=1S/C13H13N3/c1-9(2)16-10-5-3-7-14-12(10)13-11(16)6-4-8-15-13/h3-9H,1-2H3. The number of rotatable bonds is 1. The second kappa shape index (κ2) is 3.30. The second-order valence-corrected chi connectivity index (χ2v) is 4.21. The van der Waals surface area contributed by atoms with Gasteiger partial charge < -0.3 is 4.57 Å². The van der Waals surface area contributed by atoms with Gasteiger partial charge in [-0.1, -0.05) is 0 Å². The molecule has 3 nitrogen and oxygen atoms in total. The zero-order valence-electron chi connectivity index (χ0n) is 9.38. The lowest BCUT2D eigenvalue weighted by atomic mass is 10.3. The summed E-state index contributed by atoms with van der Waals surface area (Å²) >= 11 is 0. The van der Waals surface area contributed by atoms with Crippen molar-refractivity contribution < 1.29 is 0 Å². The van der Waals surface area contributed by atoms with Crippen LogP contribution in [0.3, 0.4) is 0 Å². The topological polar surface area (TPSA) is 30.7 Å². The third kappa shape index (κ3) is 1.14. The number of fused-ring (bicyclic) bond motifs is 3. The summed E-state index contributed by atoms with van der Waals surface area (Å²) in [6, 6.07) is 8.56. The van der Waals surface area contributed by atoms with Gasteiger partial charge in [-0.15, -0.1) is 0 Å². The van der Waals surface area contributed by atoms with E-state index in [1.54, 1.807) is 0 Å². The SMILES string of the molecule is CC(C)n1c2cccnc2c2ncccc21. The van der Waals surface area contributed by atoms with Crippen LogP contribution in [0.25, 0.3) is 22.1 Å². The van der Waals surface area contributed by atoms with E-state index >= 15 is 0 Å². The number of nitrogens with zero attached hydrogens (tertiary/aromatic N) is 3. The van der Waals surface area contributed by atoms with Crippen molar-refractivity contribution in [2.75, 3.05) is 0 Å². The molecule has 0 N–H and O–H groups in total. The molecule has 0 amide bonds. The van der Waals surface area contributed by atoms with Crippen LogP contribution < -0.4 is 0 Å². The number of hydrogen-bond acceptors (Lipinski definition) is 2. The molecule has 0 fully saturated rings. The van der Waals surface area contributed by atoms with Crippen molar-refractivity contribution in [3.8, 4) is 0 Å². The number of hydrogen-bond donors (Lipinski definition) is 0. The number of aromatic nitrogens is 3. The largest absolute Gasteiger partial charge is 0.335 e. The van der Waals surface area contributed by atoms with Gasteiger partial charge in [-0.2, -0.15) is 0 Å². The van der Waals surface area contributed by atoms with E-state index in [-0.39, 0.29) is 0 Å². The molecule has 0 bridgehead atoms. The maximum absolute atomic E-state index is 4.43. The van der Waals surface area contributed by atoms with Crippen molar-refractivity contribution in [1.29, 1.82) is 0 Å². The lowest BCUT2D eigenvalue weighted by Gasteiger charge is -2.10. The molecule has 0 saturated heterocycles. The molecule has 0 aliphatic heterocycles. The van der Waals surface area contributed by atoms with Gasteiger partial charge in [-0.3, -0.25) is 9.97 Å². The molecule has 0 aliphatic rings. The van der Waals surface area contributed by atoms with Crippen LogP contribution in [0, 0.1) is 0 Å². The molecule has 0 spiro atoms. The van der Waals surface area contributed by atoms with Gasteiger partial charge in [0, 0.05) is 18.4 Å². The van der Waals surface area contributed by atoms with Gasteiger partial charge in [0.15, 0.2) is 0 Å². The van der Waals surface area contributed by atoms with E-state index in [0.29, 0.717) is 6.04 Å². The Hall–Kier alpha value is -1.90. The van der Waals surface area contributed by atoms with Crippen LogP contribution in [0.15, 0.2) is 36.7 Å². The molecule has 0 saturated carbocycles. The van der Waals surface area contributed by atoms with Crippen LogP contribution in [0.4, 0.5) is 0 Å². The minimum Gasteiger partial charge on any atom is -0.335 e. The molecular weight excluding hydrogens is 198 g/mol. The summed E-state index contributed by atoms with van der Waals surface area (Å²) in [4.78, 5) is 8.86. The van der Waals surface area contributed by atoms with Crippen molar-refractivity contribution in [1.82, 2.24) is 14.5 Å². The third-order valence-corrected chi connectivity index (χ3v) is 2.83. The fourth-order valence-corrected chi connectivity index (χ4v) is 2.23. The van der Waals surface area contributed by atoms with E-state index in [4.69, 9.17) is 0 Å². The van der Waals surface area contributed by atoms with Crippen molar-refractivity contribution in [2.45, 2.75) is 19.9 Å². The molecule has 0 atom stereocenters. The lowest BCUT2D eigenvalue weighted by Crippen LogP contribution is -1.99. The first kappa shape index (κ1) is 9.33. The smallest absolute Gasteiger partial charge is 0.114 e. The van der Waals surface area contributed by atoms with Gasteiger partial charge in [0.05, 0.1) is 11.0 Å². The molecule has 80 valence electrons. The molecule has 3 heterocycles. The molecule has 3 aromatic heterocycles. The van der Waals surface area contributed by atoms with E-state index in [9.17, 15) is 0 Å². The lowest BCUT2D eigenvalue weighted by molar-refractivity contribution is 0.642. The van der Waals surface area contributed by atoms with E-state index in [0.717, 1.165) is 22.1 Å². The average molecular weight is 211 g/mol. The van der Waals surface area contributed by atoms with Crippen LogP contribution in [-0.2, 0) is 0 Å². The quantitative estimate of drug-likeness (QED) is 0.619. The predicted octanol–water partition coefficient (Wildman–Crippen LogP) is 3.17. The fourth-order valence-electron chi connectivity index (χ4n) is 2.23. The normalized spacial score (nSPS) is 11.7. The summed E-state index contributed by atoms with van der Waals surface area (Å²) < 4.78 is 2.28. The first-order valence-corrected chi connectivity index (χ1v) is 5.48. The first-order valence-electron chi connectivity index (χ1n) is 5.48. The number of pyridine rings is 2. The summed E-state index contributed by atoms with van der Waals surface area (Å²) in [5.74, 6) is 0. The van der Waals surface area contributed by atoms with Crippen LogP contribution in [0.5, 0.6) is 0 Å². The Balaban J connectivity index is 2.59. The highest BCUT2D eigenvalue weighted by Crippen LogP contribution is 2.28. The van der Waals surface area contributed by atoms with Crippen LogP contribution in [0.2, 0.25) is 0 Å². The average Bonchev–Trinajstić information content (AvgIpc) is 2.63. The van der Waals surface area contributed by atoms with E-state index in [1.807, 2.05) is 24.5 Å². The van der Waals surface area contributed by atoms with Gasteiger partial charge in [0.1, 0.15) is 11.0 Å². The summed E-state index contributed by atoms with van der Waals surface area (Å²) in [6.07, 6.45) is 3.64. The highest BCUT2D eigenvalue weighted by molar-refractivity contribution is 6.03. The maximum Gasteiger partial charge on any atom is 0.114 e. The van der Waals surface area contributed by atoms with Crippen molar-refractivity contribution in [3.05, 3.63) is 36.7 Å². The van der Waals surface area contributed by atoms with Crippen molar-refractivity contribution in [3.63, 3.8) is 0 Å². The van der Waals surface area contributed by atoms with Gasteiger partial charge in [-0.05, 0) is 38.1 Å². The molecule has 0 radical (unpaired) electrons. The van der Waals surface area contributed by atoms with Gasteiger partial charge in [0.25, 0.3) is 0 Å². The Kier molecular flexibility index (Phi) is 1.93. The summed E-state index contributed by atoms with van der Waals surface area (Å²) in [6.45, 7) is 4.36. The molecule has 3 rings (SSSR count). The van der Waals surface area contributed by atoms with E-state index in [2.05, 4.69) is 40.5 Å². The molecule has 3 heteroatoms. The predicted molar refractivity (Wildman–Crippen MR) is 65.4 cm³/mol. The fraction of sp³-hybridized carbons (Fsp3) is 0.231. The highest BCUT2D eigenvalue weighted by atomic mass is 15.0. The Labute approximate surface area is 93.7 Å². The van der Waals surface area contributed by atoms with Gasteiger partial charge in [-0.25, -0.2) is 0 Å². The van der Waals surface area contributed by atoms with Crippen LogP contribution in [-0.4, -0.2) is 14.5 Å². The second-order valence-electron chi connectivity index (χ2n) is 4.21. The summed E-state index contributed by atoms with van der Waals surface area (Å²) in [5.41, 5.74) is 4.30. The highest BCUT2D eigenvalue weighted by Gasteiger charge is 2.13. The molecule has 3 aromatic rings. The minimum absolute atomic E-state index is 0.411. The molecule has 16 heavy (non-hydrogen) atoms. The summed E-state index contributed by atoms with van der Waals surface area (Å²) in [7, 11) is 0. The minimum atomic E-state index is 0.411. The molecular formula is C13H13N3. The van der Waals surface area contributed by atoms with Crippen LogP contribution >= 0.6 is 0 Å². The Morgan fingerprint density at radius 1 is 0.938 bits per heavy atom.